The Morgan fingerprint density at radius 3 is 1.77 bits per heavy atom. The Morgan fingerprint density at radius 2 is 1.46 bits per heavy atom. The number of nitrogens with zero attached hydrogens (tertiary/aromatic N) is 2. The number of rotatable bonds is 4. The fourth-order valence-electron chi connectivity index (χ4n) is 1.21. The van der Waals surface area contributed by atoms with Crippen LogP contribution >= 0.6 is 0 Å². The molecule has 0 unspecified atom stereocenters. The molecule has 0 aliphatic rings. The molecular formula is C11H22N2. The van der Waals surface area contributed by atoms with E-state index in [4.69, 9.17) is 0 Å². The van der Waals surface area contributed by atoms with Gasteiger partial charge < -0.3 is 0 Å². The topological polar surface area (TPSA) is 24.7 Å². The normalized spacial score (nSPS) is 14.5. The molecule has 13 heavy (non-hydrogen) atoms. The van der Waals surface area contributed by atoms with Gasteiger partial charge in [-0.3, -0.25) is 9.98 Å². The van der Waals surface area contributed by atoms with E-state index in [1.165, 1.54) is 0 Å². The molecule has 0 saturated heterocycles. The van der Waals surface area contributed by atoms with Gasteiger partial charge in [-0.2, -0.15) is 0 Å². The zero-order valence-corrected chi connectivity index (χ0v) is 9.76. The largest absolute Gasteiger partial charge is 0.285 e. The first kappa shape index (κ1) is 12.3. The number of aliphatic imine (C=N–C) groups is 2. The van der Waals surface area contributed by atoms with E-state index in [2.05, 4.69) is 44.6 Å². The summed E-state index contributed by atoms with van der Waals surface area (Å²) in [5.74, 6) is 0. The van der Waals surface area contributed by atoms with E-state index in [9.17, 15) is 0 Å². The summed E-state index contributed by atoms with van der Waals surface area (Å²) in [6.45, 7) is 12.5. The van der Waals surface area contributed by atoms with Crippen molar-refractivity contribution in [3.05, 3.63) is 0 Å². The molecule has 0 saturated carbocycles. The third-order valence-electron chi connectivity index (χ3n) is 1.62. The Morgan fingerprint density at radius 1 is 1.00 bits per heavy atom. The summed E-state index contributed by atoms with van der Waals surface area (Å²) in [5.41, 5.74) is 2.23. The van der Waals surface area contributed by atoms with Crippen LogP contribution in [0.5, 0.6) is 0 Å². The molecule has 76 valence electrons. The molecule has 0 aliphatic heterocycles. The maximum Gasteiger partial charge on any atom is 0.0556 e. The van der Waals surface area contributed by atoms with Crippen LogP contribution in [0.2, 0.25) is 0 Å². The highest BCUT2D eigenvalue weighted by atomic mass is 14.8. The van der Waals surface area contributed by atoms with E-state index in [1.807, 2.05) is 6.92 Å². The van der Waals surface area contributed by atoms with Gasteiger partial charge in [-0.15, -0.1) is 0 Å². The molecule has 0 aromatic heterocycles. The minimum Gasteiger partial charge on any atom is -0.285 e. The van der Waals surface area contributed by atoms with Crippen LogP contribution in [-0.2, 0) is 0 Å². The van der Waals surface area contributed by atoms with Gasteiger partial charge in [0, 0.05) is 12.1 Å². The van der Waals surface area contributed by atoms with E-state index >= 15 is 0 Å². The summed E-state index contributed by atoms with van der Waals surface area (Å²) in [5, 5.41) is 0. The minimum absolute atomic E-state index is 0.365. The molecule has 0 fully saturated rings. The Kier molecular flexibility index (Phi) is 5.60. The highest BCUT2D eigenvalue weighted by molar-refractivity contribution is 6.41. The molecule has 2 nitrogen and oxygen atoms in total. The van der Waals surface area contributed by atoms with Crippen molar-refractivity contribution in [3.63, 3.8) is 0 Å². The summed E-state index contributed by atoms with van der Waals surface area (Å²) >= 11 is 0. The van der Waals surface area contributed by atoms with E-state index in [0.717, 1.165) is 17.8 Å². The fraction of sp³-hybridized carbons (Fsp3) is 0.818. The lowest BCUT2D eigenvalue weighted by molar-refractivity contribution is 0.825. The zero-order chi connectivity index (χ0) is 10.4. The molecule has 0 aromatic rings. The Hall–Kier alpha value is -0.660. The highest BCUT2D eigenvalue weighted by Gasteiger charge is 2.02. The molecule has 0 atom stereocenters. The first-order chi connectivity index (χ1) is 5.97. The van der Waals surface area contributed by atoms with Crippen LogP contribution in [-0.4, -0.2) is 23.5 Å². The molecule has 0 radical (unpaired) electrons. The molecule has 0 bridgehead atoms. The van der Waals surface area contributed by atoms with Gasteiger partial charge >= 0.3 is 0 Å². The van der Waals surface area contributed by atoms with Crippen LogP contribution in [0.1, 0.15) is 48.0 Å². The van der Waals surface area contributed by atoms with E-state index in [0.29, 0.717) is 12.1 Å². The van der Waals surface area contributed by atoms with E-state index < -0.39 is 0 Å². The molecule has 0 N–H and O–H groups in total. The SMILES string of the molecule is CCC(=NC(C)C)C(C)=NC(C)C. The molecule has 0 aromatic carbocycles. The van der Waals surface area contributed by atoms with Crippen molar-refractivity contribution in [2.45, 2.75) is 60.0 Å². The lowest BCUT2D eigenvalue weighted by atomic mass is 10.2. The predicted octanol–water partition coefficient (Wildman–Crippen LogP) is 3.12. The van der Waals surface area contributed by atoms with Gasteiger partial charge in [-0.1, -0.05) is 6.92 Å². The molecule has 0 rings (SSSR count). The minimum atomic E-state index is 0.365. The van der Waals surface area contributed by atoms with Gasteiger partial charge in [0.2, 0.25) is 0 Å². The summed E-state index contributed by atoms with van der Waals surface area (Å²) in [6.07, 6.45) is 0.972. The van der Waals surface area contributed by atoms with Gasteiger partial charge in [0.25, 0.3) is 0 Å². The molecule has 0 spiro atoms. The monoisotopic (exact) mass is 182 g/mol. The van der Waals surface area contributed by atoms with Crippen molar-refractivity contribution in [3.8, 4) is 0 Å². The van der Waals surface area contributed by atoms with Crippen LogP contribution in [0.3, 0.4) is 0 Å². The molecule has 2 heteroatoms. The van der Waals surface area contributed by atoms with Crippen molar-refractivity contribution in [1.82, 2.24) is 0 Å². The third kappa shape index (κ3) is 5.56. The zero-order valence-electron chi connectivity index (χ0n) is 9.76. The van der Waals surface area contributed by atoms with Crippen molar-refractivity contribution in [1.29, 1.82) is 0 Å². The van der Waals surface area contributed by atoms with Gasteiger partial charge in [0.05, 0.1) is 11.4 Å². The average molecular weight is 182 g/mol. The van der Waals surface area contributed by atoms with Crippen molar-refractivity contribution in [2.24, 2.45) is 9.98 Å². The Balaban J connectivity index is 4.58. The van der Waals surface area contributed by atoms with Gasteiger partial charge in [0.1, 0.15) is 0 Å². The van der Waals surface area contributed by atoms with Crippen molar-refractivity contribution < 1.29 is 0 Å². The van der Waals surface area contributed by atoms with Gasteiger partial charge in [-0.05, 0) is 41.0 Å². The highest BCUT2D eigenvalue weighted by Crippen LogP contribution is 1.98. The summed E-state index contributed by atoms with van der Waals surface area (Å²) in [6, 6.07) is 0.733. The fourth-order valence-corrected chi connectivity index (χ4v) is 1.21. The van der Waals surface area contributed by atoms with E-state index in [1.54, 1.807) is 0 Å². The average Bonchev–Trinajstić information content (AvgIpc) is 1.98. The summed E-state index contributed by atoms with van der Waals surface area (Å²) in [4.78, 5) is 9.02. The van der Waals surface area contributed by atoms with E-state index in [-0.39, 0.29) is 0 Å². The van der Waals surface area contributed by atoms with Gasteiger partial charge in [-0.25, -0.2) is 0 Å². The molecule has 0 aliphatic carbocycles. The van der Waals surface area contributed by atoms with Crippen LogP contribution in [0.15, 0.2) is 9.98 Å². The van der Waals surface area contributed by atoms with Crippen LogP contribution in [0.4, 0.5) is 0 Å². The second-order valence-electron chi connectivity index (χ2n) is 3.83. The van der Waals surface area contributed by atoms with Crippen LogP contribution in [0, 0.1) is 0 Å². The summed E-state index contributed by atoms with van der Waals surface area (Å²) in [7, 11) is 0. The van der Waals surface area contributed by atoms with Crippen LogP contribution < -0.4 is 0 Å². The Labute approximate surface area is 82.2 Å². The van der Waals surface area contributed by atoms with Crippen LogP contribution in [0.25, 0.3) is 0 Å². The third-order valence-corrected chi connectivity index (χ3v) is 1.62. The maximum atomic E-state index is 4.53. The molecular weight excluding hydrogens is 160 g/mol. The first-order valence-corrected chi connectivity index (χ1v) is 5.08. The quantitative estimate of drug-likeness (QED) is 0.597. The van der Waals surface area contributed by atoms with Crippen molar-refractivity contribution >= 4 is 11.4 Å². The predicted molar refractivity (Wildman–Crippen MR) is 61.1 cm³/mol. The lowest BCUT2D eigenvalue weighted by Crippen LogP contribution is -2.13. The lowest BCUT2D eigenvalue weighted by Gasteiger charge is -2.07. The Bertz CT molecular complexity index is 200. The molecule has 0 heterocycles. The second-order valence-corrected chi connectivity index (χ2v) is 3.83. The van der Waals surface area contributed by atoms with Crippen molar-refractivity contribution in [2.75, 3.05) is 0 Å². The molecule has 0 amide bonds. The first-order valence-electron chi connectivity index (χ1n) is 5.08. The second kappa shape index (κ2) is 5.90. The number of hydrogen-bond acceptors (Lipinski definition) is 2. The summed E-state index contributed by atoms with van der Waals surface area (Å²) < 4.78 is 0. The number of hydrogen-bond donors (Lipinski definition) is 0. The van der Waals surface area contributed by atoms with Gasteiger partial charge in [0.15, 0.2) is 0 Å². The standard InChI is InChI=1S/C11H22N2/c1-7-11(13-9(4)5)10(6)12-8(2)3/h8-9H,7H2,1-6H3. The maximum absolute atomic E-state index is 4.53. The smallest absolute Gasteiger partial charge is 0.0556 e.